The Labute approximate surface area is 120 Å². The van der Waals surface area contributed by atoms with E-state index in [4.69, 9.17) is 5.11 Å². The second-order valence-corrected chi connectivity index (χ2v) is 4.49. The second-order valence-electron chi connectivity index (χ2n) is 4.49. The van der Waals surface area contributed by atoms with E-state index in [-0.39, 0.29) is 19.6 Å². The minimum atomic E-state index is -4.38. The number of hydrogen-bond donors (Lipinski definition) is 2. The van der Waals surface area contributed by atoms with Gasteiger partial charge in [-0.15, -0.1) is 0 Å². The van der Waals surface area contributed by atoms with Crippen LogP contribution in [-0.2, 0) is 16.0 Å². The number of rotatable bonds is 8. The summed E-state index contributed by atoms with van der Waals surface area (Å²) < 4.78 is 39.9. The molecule has 0 saturated heterocycles. The SMILES string of the molecule is O=C(CCOCC(F)(F)F)Nc1cccc(CCCO)c1. The summed E-state index contributed by atoms with van der Waals surface area (Å²) in [5, 5.41) is 11.4. The first-order valence-electron chi connectivity index (χ1n) is 6.55. The summed E-state index contributed by atoms with van der Waals surface area (Å²) in [6.07, 6.45) is -3.20. The van der Waals surface area contributed by atoms with Gasteiger partial charge in [-0.25, -0.2) is 0 Å². The number of ether oxygens (including phenoxy) is 1. The zero-order valence-corrected chi connectivity index (χ0v) is 11.4. The lowest BCUT2D eigenvalue weighted by Crippen LogP contribution is -2.20. The van der Waals surface area contributed by atoms with E-state index in [1.165, 1.54) is 0 Å². The second kappa shape index (κ2) is 8.63. The first kappa shape index (κ1) is 17.5. The van der Waals surface area contributed by atoms with Crippen LogP contribution in [0, 0.1) is 0 Å². The van der Waals surface area contributed by atoms with Crippen molar-refractivity contribution >= 4 is 11.6 Å². The highest BCUT2D eigenvalue weighted by Crippen LogP contribution is 2.15. The van der Waals surface area contributed by atoms with Crippen LogP contribution in [0.4, 0.5) is 18.9 Å². The molecule has 0 aromatic heterocycles. The molecule has 4 nitrogen and oxygen atoms in total. The highest BCUT2D eigenvalue weighted by molar-refractivity contribution is 5.90. The molecule has 21 heavy (non-hydrogen) atoms. The number of carbonyl (C=O) groups is 1. The van der Waals surface area contributed by atoms with Gasteiger partial charge in [-0.2, -0.15) is 13.2 Å². The summed E-state index contributed by atoms with van der Waals surface area (Å²) in [6, 6.07) is 7.10. The van der Waals surface area contributed by atoms with Crippen LogP contribution in [0.25, 0.3) is 0 Å². The summed E-state index contributed by atoms with van der Waals surface area (Å²) in [4.78, 5) is 11.5. The van der Waals surface area contributed by atoms with Crippen LogP contribution in [0.5, 0.6) is 0 Å². The van der Waals surface area contributed by atoms with Crippen molar-refractivity contribution in [1.82, 2.24) is 0 Å². The van der Waals surface area contributed by atoms with Crippen molar-refractivity contribution in [2.75, 3.05) is 25.1 Å². The van der Waals surface area contributed by atoms with E-state index in [1.54, 1.807) is 18.2 Å². The Morgan fingerprint density at radius 1 is 1.33 bits per heavy atom. The fourth-order valence-electron chi connectivity index (χ4n) is 1.66. The van der Waals surface area contributed by atoms with Gasteiger partial charge in [0.05, 0.1) is 13.0 Å². The monoisotopic (exact) mass is 305 g/mol. The van der Waals surface area contributed by atoms with Crippen LogP contribution in [0.2, 0.25) is 0 Å². The number of aliphatic hydroxyl groups excluding tert-OH is 1. The van der Waals surface area contributed by atoms with E-state index >= 15 is 0 Å². The van der Waals surface area contributed by atoms with Crippen molar-refractivity contribution in [3.8, 4) is 0 Å². The van der Waals surface area contributed by atoms with Gasteiger partial charge in [-0.05, 0) is 30.5 Å². The number of aryl methyl sites for hydroxylation is 1. The molecule has 2 N–H and O–H groups in total. The van der Waals surface area contributed by atoms with Crippen molar-refractivity contribution in [1.29, 1.82) is 0 Å². The Morgan fingerprint density at radius 3 is 2.76 bits per heavy atom. The lowest BCUT2D eigenvalue weighted by atomic mass is 10.1. The van der Waals surface area contributed by atoms with Gasteiger partial charge in [0.2, 0.25) is 5.91 Å². The average molecular weight is 305 g/mol. The predicted molar refractivity (Wildman–Crippen MR) is 72.0 cm³/mol. The smallest absolute Gasteiger partial charge is 0.396 e. The van der Waals surface area contributed by atoms with Crippen LogP contribution in [0.15, 0.2) is 24.3 Å². The number of anilines is 1. The van der Waals surface area contributed by atoms with Gasteiger partial charge in [0.25, 0.3) is 0 Å². The summed E-state index contributed by atoms with van der Waals surface area (Å²) in [5.41, 5.74) is 1.54. The van der Waals surface area contributed by atoms with Crippen molar-refractivity contribution in [2.45, 2.75) is 25.4 Å². The van der Waals surface area contributed by atoms with E-state index < -0.39 is 18.7 Å². The molecule has 0 aliphatic heterocycles. The largest absolute Gasteiger partial charge is 0.411 e. The number of hydrogen-bond acceptors (Lipinski definition) is 3. The van der Waals surface area contributed by atoms with Crippen molar-refractivity contribution in [3.63, 3.8) is 0 Å². The Hall–Kier alpha value is -1.60. The predicted octanol–water partition coefficient (Wildman–Crippen LogP) is 2.52. The minimum absolute atomic E-state index is 0.0904. The number of nitrogens with one attached hydrogen (secondary N) is 1. The number of alkyl halides is 3. The van der Waals surface area contributed by atoms with Crippen molar-refractivity contribution in [2.24, 2.45) is 0 Å². The normalized spacial score (nSPS) is 11.4. The molecule has 118 valence electrons. The topological polar surface area (TPSA) is 58.6 Å². The Morgan fingerprint density at radius 2 is 2.10 bits per heavy atom. The Balaban J connectivity index is 2.34. The molecule has 0 heterocycles. The maximum absolute atomic E-state index is 11.8. The number of benzene rings is 1. The molecule has 1 aromatic carbocycles. The molecule has 0 aliphatic carbocycles. The minimum Gasteiger partial charge on any atom is -0.396 e. The fraction of sp³-hybridized carbons (Fsp3) is 0.500. The first-order chi connectivity index (χ1) is 9.90. The number of aliphatic hydroxyl groups is 1. The van der Waals surface area contributed by atoms with E-state index in [0.29, 0.717) is 18.5 Å². The number of amides is 1. The van der Waals surface area contributed by atoms with Crippen molar-refractivity contribution < 1.29 is 27.8 Å². The fourth-order valence-corrected chi connectivity index (χ4v) is 1.66. The lowest BCUT2D eigenvalue weighted by Gasteiger charge is -2.09. The third kappa shape index (κ3) is 8.31. The quantitative estimate of drug-likeness (QED) is 0.726. The molecule has 0 bridgehead atoms. The maximum atomic E-state index is 11.8. The molecule has 1 rings (SSSR count). The Bertz CT molecular complexity index is 449. The number of carbonyl (C=O) groups excluding carboxylic acids is 1. The van der Waals surface area contributed by atoms with E-state index in [0.717, 1.165) is 5.56 Å². The van der Waals surface area contributed by atoms with Gasteiger partial charge in [-0.3, -0.25) is 4.79 Å². The van der Waals surface area contributed by atoms with Crippen LogP contribution < -0.4 is 5.32 Å². The Kier molecular flexibility index (Phi) is 7.18. The lowest BCUT2D eigenvalue weighted by molar-refractivity contribution is -0.174. The zero-order valence-electron chi connectivity index (χ0n) is 11.4. The molecule has 1 aromatic rings. The van der Waals surface area contributed by atoms with Gasteiger partial charge in [0.15, 0.2) is 0 Å². The van der Waals surface area contributed by atoms with Gasteiger partial charge >= 0.3 is 6.18 Å². The molecule has 0 atom stereocenters. The summed E-state index contributed by atoms with van der Waals surface area (Å²) in [5.74, 6) is -0.406. The van der Waals surface area contributed by atoms with Crippen LogP contribution in [-0.4, -0.2) is 37.0 Å². The standard InChI is InChI=1S/C14H18F3NO3/c15-14(16,17)10-21-8-6-13(20)18-12-5-1-3-11(9-12)4-2-7-19/h1,3,5,9,19H,2,4,6-8,10H2,(H,18,20). The first-order valence-corrected chi connectivity index (χ1v) is 6.55. The van der Waals surface area contributed by atoms with Crippen molar-refractivity contribution in [3.05, 3.63) is 29.8 Å². The van der Waals surface area contributed by atoms with Crippen LogP contribution >= 0.6 is 0 Å². The molecule has 1 amide bonds. The van der Waals surface area contributed by atoms with E-state index in [9.17, 15) is 18.0 Å². The maximum Gasteiger partial charge on any atom is 0.411 e. The molecule has 0 spiro atoms. The molecule has 0 aliphatic rings. The molecular formula is C14H18F3NO3. The highest BCUT2D eigenvalue weighted by atomic mass is 19.4. The van der Waals surface area contributed by atoms with E-state index in [1.807, 2.05) is 6.07 Å². The average Bonchev–Trinajstić information content (AvgIpc) is 2.41. The molecule has 7 heteroatoms. The number of halogens is 3. The van der Waals surface area contributed by atoms with Crippen LogP contribution in [0.1, 0.15) is 18.4 Å². The summed E-state index contributed by atoms with van der Waals surface area (Å²) in [6.45, 7) is -1.54. The van der Waals surface area contributed by atoms with E-state index in [2.05, 4.69) is 10.1 Å². The third-order valence-corrected chi connectivity index (χ3v) is 2.57. The third-order valence-electron chi connectivity index (χ3n) is 2.57. The molecule has 0 fully saturated rings. The zero-order chi connectivity index (χ0) is 15.7. The molecule has 0 unspecified atom stereocenters. The molecule has 0 saturated carbocycles. The van der Waals surface area contributed by atoms with Gasteiger partial charge in [0.1, 0.15) is 6.61 Å². The van der Waals surface area contributed by atoms with Gasteiger partial charge in [-0.1, -0.05) is 12.1 Å². The molecular weight excluding hydrogens is 287 g/mol. The molecule has 0 radical (unpaired) electrons. The van der Waals surface area contributed by atoms with Crippen LogP contribution in [0.3, 0.4) is 0 Å². The highest BCUT2D eigenvalue weighted by Gasteiger charge is 2.27. The summed E-state index contributed by atoms with van der Waals surface area (Å²) in [7, 11) is 0. The summed E-state index contributed by atoms with van der Waals surface area (Å²) >= 11 is 0. The van der Waals surface area contributed by atoms with Gasteiger partial charge in [0, 0.05) is 12.3 Å². The van der Waals surface area contributed by atoms with Gasteiger partial charge < -0.3 is 15.2 Å².